The number of anilines is 2. The van der Waals surface area contributed by atoms with Gasteiger partial charge in [-0.15, -0.1) is 0 Å². The number of aromatic amines is 1. The fraction of sp³-hybridized carbons (Fsp3) is 0.250. The van der Waals surface area contributed by atoms with Crippen LogP contribution in [0.5, 0.6) is 0 Å². The molecule has 2 fully saturated rings. The van der Waals surface area contributed by atoms with Crippen LogP contribution in [0.25, 0.3) is 22.4 Å². The number of aromatic nitrogens is 2. The first kappa shape index (κ1) is 20.7. The van der Waals surface area contributed by atoms with E-state index in [0.29, 0.717) is 11.5 Å². The Morgan fingerprint density at radius 1 is 0.853 bits per heavy atom. The van der Waals surface area contributed by atoms with Crippen LogP contribution in [0.4, 0.5) is 11.4 Å². The molecule has 0 aliphatic heterocycles. The Labute approximate surface area is 197 Å². The lowest BCUT2D eigenvalue weighted by Crippen LogP contribution is -2.27. The van der Waals surface area contributed by atoms with Crippen molar-refractivity contribution in [2.75, 3.05) is 10.6 Å². The number of fused-ring (bicyclic) bond motifs is 3. The zero-order valence-electron chi connectivity index (χ0n) is 18.8. The van der Waals surface area contributed by atoms with Gasteiger partial charge in [-0.2, -0.15) is 0 Å². The van der Waals surface area contributed by atoms with Gasteiger partial charge in [-0.1, -0.05) is 24.6 Å². The average molecular weight is 451 g/mol. The van der Waals surface area contributed by atoms with Crippen molar-refractivity contribution < 1.29 is 9.59 Å². The monoisotopic (exact) mass is 450 g/mol. The normalized spacial score (nSPS) is 21.0. The molecule has 2 aliphatic carbocycles. The number of hydrogen-bond acceptors (Lipinski definition) is 3. The number of carbonyl (C=O) groups is 2. The van der Waals surface area contributed by atoms with Crippen LogP contribution >= 0.6 is 0 Å². The Morgan fingerprint density at radius 3 is 2.38 bits per heavy atom. The van der Waals surface area contributed by atoms with Crippen LogP contribution in [-0.4, -0.2) is 21.8 Å². The molecular weight excluding hydrogens is 424 g/mol. The standard InChI is InChI=1S/C28H26N4O2/c33-27(19-4-2-1-3-5-19)29-21-10-8-18(9-11-21)26-31-24-13-12-22(16-25(24)32-26)30-28(34)23-15-17-6-7-20(23)14-17/h1-5,8-13,16-17,20,23H,6-7,14-15H2,(H,29,33)(H,30,34)(H,31,32)/t17?,20-,23?/m0/s1. The summed E-state index contributed by atoms with van der Waals surface area (Å²) in [7, 11) is 0. The molecule has 2 saturated carbocycles. The van der Waals surface area contributed by atoms with Crippen molar-refractivity contribution in [3.05, 3.63) is 78.4 Å². The summed E-state index contributed by atoms with van der Waals surface area (Å²) in [6.07, 6.45) is 4.74. The van der Waals surface area contributed by atoms with Gasteiger partial charge >= 0.3 is 0 Å². The molecule has 2 aliphatic rings. The molecule has 34 heavy (non-hydrogen) atoms. The van der Waals surface area contributed by atoms with Gasteiger partial charge in [0, 0.05) is 28.4 Å². The highest BCUT2D eigenvalue weighted by Gasteiger charge is 2.43. The average Bonchev–Trinajstić information content (AvgIpc) is 3.61. The Hall–Kier alpha value is -3.93. The third-order valence-corrected chi connectivity index (χ3v) is 7.28. The molecule has 0 radical (unpaired) electrons. The molecule has 6 heteroatoms. The second-order valence-corrected chi connectivity index (χ2v) is 9.49. The fourth-order valence-corrected chi connectivity index (χ4v) is 5.53. The maximum absolute atomic E-state index is 12.8. The Morgan fingerprint density at radius 2 is 1.65 bits per heavy atom. The molecule has 3 atom stereocenters. The Balaban J connectivity index is 1.15. The first-order chi connectivity index (χ1) is 16.6. The van der Waals surface area contributed by atoms with E-state index in [0.717, 1.165) is 46.1 Å². The maximum Gasteiger partial charge on any atom is 0.255 e. The van der Waals surface area contributed by atoms with Gasteiger partial charge in [0.1, 0.15) is 5.82 Å². The third kappa shape index (κ3) is 3.96. The summed E-state index contributed by atoms with van der Waals surface area (Å²) >= 11 is 0. The van der Waals surface area contributed by atoms with Crippen molar-refractivity contribution in [1.82, 2.24) is 9.97 Å². The van der Waals surface area contributed by atoms with E-state index in [2.05, 4.69) is 15.6 Å². The van der Waals surface area contributed by atoms with Crippen molar-refractivity contribution in [3.63, 3.8) is 0 Å². The molecular formula is C28H26N4O2. The highest BCUT2D eigenvalue weighted by molar-refractivity contribution is 6.04. The van der Waals surface area contributed by atoms with Crippen LogP contribution in [0.1, 0.15) is 36.0 Å². The van der Waals surface area contributed by atoms with E-state index < -0.39 is 0 Å². The molecule has 6 rings (SSSR count). The predicted molar refractivity (Wildman–Crippen MR) is 133 cm³/mol. The number of imidazole rings is 1. The molecule has 3 N–H and O–H groups in total. The lowest BCUT2D eigenvalue weighted by atomic mass is 9.88. The summed E-state index contributed by atoms with van der Waals surface area (Å²) in [5.41, 5.74) is 4.78. The number of H-pyrrole nitrogens is 1. The molecule has 0 saturated heterocycles. The smallest absolute Gasteiger partial charge is 0.255 e. The van der Waals surface area contributed by atoms with E-state index in [1.165, 1.54) is 19.3 Å². The van der Waals surface area contributed by atoms with Gasteiger partial charge in [0.2, 0.25) is 5.91 Å². The van der Waals surface area contributed by atoms with Crippen molar-refractivity contribution in [3.8, 4) is 11.4 Å². The van der Waals surface area contributed by atoms with E-state index in [9.17, 15) is 9.59 Å². The highest BCUT2D eigenvalue weighted by Crippen LogP contribution is 2.48. The van der Waals surface area contributed by atoms with Gasteiger partial charge in [0.05, 0.1) is 11.0 Å². The minimum absolute atomic E-state index is 0.142. The largest absolute Gasteiger partial charge is 0.338 e. The zero-order chi connectivity index (χ0) is 23.1. The molecule has 170 valence electrons. The number of nitrogens with zero attached hydrogens (tertiary/aromatic N) is 1. The van der Waals surface area contributed by atoms with Crippen molar-refractivity contribution in [1.29, 1.82) is 0 Å². The van der Waals surface area contributed by atoms with Gasteiger partial charge in [0.25, 0.3) is 5.91 Å². The number of benzene rings is 3. The summed E-state index contributed by atoms with van der Waals surface area (Å²) in [6.45, 7) is 0. The van der Waals surface area contributed by atoms with Crippen LogP contribution in [0.15, 0.2) is 72.8 Å². The number of hydrogen-bond donors (Lipinski definition) is 3. The van der Waals surface area contributed by atoms with E-state index in [1.54, 1.807) is 12.1 Å². The Bertz CT molecular complexity index is 1360. The van der Waals surface area contributed by atoms with E-state index in [1.807, 2.05) is 60.7 Å². The molecule has 3 aromatic carbocycles. The minimum Gasteiger partial charge on any atom is -0.338 e. The SMILES string of the molecule is O=C(Nc1ccc(-c2nc3ccc(NC(=O)C4CC5CC[C@H]4C5)cc3[nH]2)cc1)c1ccccc1. The molecule has 1 heterocycles. The number of carbonyl (C=O) groups excluding carboxylic acids is 2. The van der Waals surface area contributed by atoms with Crippen LogP contribution in [-0.2, 0) is 4.79 Å². The molecule has 0 spiro atoms. The van der Waals surface area contributed by atoms with Crippen LogP contribution in [0.2, 0.25) is 0 Å². The second-order valence-electron chi connectivity index (χ2n) is 9.49. The summed E-state index contributed by atoms with van der Waals surface area (Å²) in [6, 6.07) is 22.5. The van der Waals surface area contributed by atoms with E-state index >= 15 is 0 Å². The molecule has 2 unspecified atom stereocenters. The quantitative estimate of drug-likeness (QED) is 0.356. The lowest BCUT2D eigenvalue weighted by Gasteiger charge is -2.20. The van der Waals surface area contributed by atoms with Crippen LogP contribution in [0, 0.1) is 17.8 Å². The topological polar surface area (TPSA) is 86.9 Å². The maximum atomic E-state index is 12.8. The minimum atomic E-state index is -0.142. The van der Waals surface area contributed by atoms with Gasteiger partial charge < -0.3 is 15.6 Å². The number of amides is 2. The fourth-order valence-electron chi connectivity index (χ4n) is 5.53. The van der Waals surface area contributed by atoms with Crippen molar-refractivity contribution >= 4 is 34.2 Å². The first-order valence-corrected chi connectivity index (χ1v) is 11.9. The summed E-state index contributed by atoms with van der Waals surface area (Å²) in [4.78, 5) is 33.2. The van der Waals surface area contributed by atoms with Crippen molar-refractivity contribution in [2.45, 2.75) is 25.7 Å². The molecule has 2 amide bonds. The van der Waals surface area contributed by atoms with Gasteiger partial charge in [-0.25, -0.2) is 4.98 Å². The number of nitrogens with one attached hydrogen (secondary N) is 3. The Kier molecular flexibility index (Phi) is 5.13. The summed E-state index contributed by atoms with van der Waals surface area (Å²) in [5.74, 6) is 2.22. The van der Waals surface area contributed by atoms with Gasteiger partial charge in [-0.05, 0) is 85.7 Å². The summed E-state index contributed by atoms with van der Waals surface area (Å²) < 4.78 is 0. The summed E-state index contributed by atoms with van der Waals surface area (Å²) in [5, 5.41) is 6.03. The molecule has 2 bridgehead atoms. The number of rotatable bonds is 5. The zero-order valence-corrected chi connectivity index (χ0v) is 18.8. The molecule has 4 aromatic rings. The second kappa shape index (κ2) is 8.45. The van der Waals surface area contributed by atoms with E-state index in [-0.39, 0.29) is 17.7 Å². The van der Waals surface area contributed by atoms with Gasteiger partial charge in [0.15, 0.2) is 0 Å². The third-order valence-electron chi connectivity index (χ3n) is 7.28. The van der Waals surface area contributed by atoms with Gasteiger partial charge in [-0.3, -0.25) is 9.59 Å². The van der Waals surface area contributed by atoms with E-state index in [4.69, 9.17) is 4.98 Å². The highest BCUT2D eigenvalue weighted by atomic mass is 16.2. The van der Waals surface area contributed by atoms with Crippen molar-refractivity contribution in [2.24, 2.45) is 17.8 Å². The lowest BCUT2D eigenvalue weighted by molar-refractivity contribution is -0.121. The van der Waals surface area contributed by atoms with Crippen LogP contribution in [0.3, 0.4) is 0 Å². The predicted octanol–water partition coefficient (Wildman–Crippen LogP) is 5.86. The van der Waals surface area contributed by atoms with Crippen LogP contribution < -0.4 is 10.6 Å². The molecule has 1 aromatic heterocycles. The first-order valence-electron chi connectivity index (χ1n) is 11.9. The molecule has 6 nitrogen and oxygen atoms in total.